The number of methoxy groups -OCH3 is 1. The van der Waals surface area contributed by atoms with Crippen LogP contribution in [0.1, 0.15) is 49.5 Å². The van der Waals surface area contributed by atoms with Gasteiger partial charge in [0.25, 0.3) is 5.91 Å². The van der Waals surface area contributed by atoms with E-state index in [1.807, 2.05) is 18.2 Å². The van der Waals surface area contributed by atoms with Gasteiger partial charge < -0.3 is 10.1 Å². The van der Waals surface area contributed by atoms with Crippen molar-refractivity contribution in [3.8, 4) is 5.75 Å². The van der Waals surface area contributed by atoms with Crippen molar-refractivity contribution < 1.29 is 17.9 Å². The summed E-state index contributed by atoms with van der Waals surface area (Å²) in [6.07, 6.45) is 1.62. The average Bonchev–Trinajstić information content (AvgIpc) is 2.74. The van der Waals surface area contributed by atoms with E-state index in [1.165, 1.54) is 12.1 Å². The molecule has 33 heavy (non-hydrogen) atoms. The van der Waals surface area contributed by atoms with Gasteiger partial charge >= 0.3 is 0 Å². The number of nitrogens with one attached hydrogen (secondary N) is 2. The maximum Gasteiger partial charge on any atom is 0.251 e. The van der Waals surface area contributed by atoms with Crippen molar-refractivity contribution in [2.75, 3.05) is 20.2 Å². The van der Waals surface area contributed by atoms with Gasteiger partial charge in [0, 0.05) is 42.3 Å². The molecule has 9 heteroatoms. The summed E-state index contributed by atoms with van der Waals surface area (Å²) in [4.78, 5) is 15.1. The lowest BCUT2D eigenvalue weighted by Crippen LogP contribution is -2.44. The molecule has 1 amide bonds. The summed E-state index contributed by atoms with van der Waals surface area (Å²) < 4.78 is 33.5. The predicted octanol–water partition coefficient (Wildman–Crippen LogP) is 3.82. The second-order valence-electron chi connectivity index (χ2n) is 9.34. The highest BCUT2D eigenvalue weighted by Crippen LogP contribution is 2.25. The van der Waals surface area contributed by atoms with Gasteiger partial charge in [0.2, 0.25) is 10.0 Å². The molecule has 2 aromatic carbocycles. The maximum atomic E-state index is 12.8. The van der Waals surface area contributed by atoms with E-state index in [0.29, 0.717) is 0 Å². The van der Waals surface area contributed by atoms with E-state index in [-0.39, 0.29) is 27.4 Å². The molecule has 1 aliphatic heterocycles. The Hall–Kier alpha value is -2.13. The molecule has 0 radical (unpaired) electrons. The van der Waals surface area contributed by atoms with E-state index in [2.05, 4.69) is 21.0 Å². The van der Waals surface area contributed by atoms with Crippen molar-refractivity contribution >= 4 is 27.5 Å². The topological polar surface area (TPSA) is 87.7 Å². The molecule has 1 heterocycles. The van der Waals surface area contributed by atoms with Crippen LogP contribution in [0.2, 0.25) is 5.02 Å². The zero-order valence-corrected chi connectivity index (χ0v) is 21.1. The highest BCUT2D eigenvalue weighted by atomic mass is 35.5. The Morgan fingerprint density at radius 2 is 1.82 bits per heavy atom. The number of ether oxygens (including phenoxy) is 1. The lowest BCUT2D eigenvalue weighted by Gasteiger charge is -2.32. The summed E-state index contributed by atoms with van der Waals surface area (Å²) >= 11 is 6.14. The van der Waals surface area contributed by atoms with Gasteiger partial charge in [-0.15, -0.1) is 0 Å². The van der Waals surface area contributed by atoms with Crippen molar-refractivity contribution in [3.05, 3.63) is 58.6 Å². The Kier molecular flexibility index (Phi) is 8.05. The number of likely N-dealkylation sites (tertiary alicyclic amines) is 1. The third-order valence-corrected chi connectivity index (χ3v) is 7.67. The van der Waals surface area contributed by atoms with Crippen LogP contribution in [0, 0.1) is 0 Å². The Morgan fingerprint density at radius 3 is 2.45 bits per heavy atom. The Morgan fingerprint density at radius 1 is 1.15 bits per heavy atom. The van der Waals surface area contributed by atoms with E-state index in [4.69, 9.17) is 16.3 Å². The van der Waals surface area contributed by atoms with E-state index >= 15 is 0 Å². The Bertz CT molecular complexity index is 1090. The molecule has 0 bridgehead atoms. The summed E-state index contributed by atoms with van der Waals surface area (Å²) in [6, 6.07) is 12.3. The predicted molar refractivity (Wildman–Crippen MR) is 130 cm³/mol. The molecule has 0 aliphatic carbocycles. The van der Waals surface area contributed by atoms with Gasteiger partial charge in [0.15, 0.2) is 0 Å². The van der Waals surface area contributed by atoms with Gasteiger partial charge in [-0.3, -0.25) is 9.69 Å². The summed E-state index contributed by atoms with van der Waals surface area (Å²) in [7, 11) is -2.19. The molecule has 1 saturated heterocycles. The zero-order valence-electron chi connectivity index (χ0n) is 19.5. The fourth-order valence-corrected chi connectivity index (χ4v) is 5.83. The first-order valence-corrected chi connectivity index (χ1v) is 12.8. The molecule has 0 unspecified atom stereocenters. The van der Waals surface area contributed by atoms with Crippen molar-refractivity contribution in [1.29, 1.82) is 0 Å². The molecule has 3 rings (SSSR count). The number of piperidine rings is 1. The van der Waals surface area contributed by atoms with Gasteiger partial charge in [-0.25, -0.2) is 13.1 Å². The van der Waals surface area contributed by atoms with Crippen LogP contribution in [-0.2, 0) is 16.6 Å². The number of carbonyl (C=O) groups excluding carboxylic acids is 1. The SMILES string of the molecule is COc1ccccc1CN1CCC(NC(=O)c2ccc(Cl)c(S(=O)(=O)NC(C)(C)C)c2)CC1. The van der Waals surface area contributed by atoms with Gasteiger partial charge in [0.05, 0.1) is 12.1 Å². The number of halogens is 1. The number of benzene rings is 2. The molecule has 2 N–H and O–H groups in total. The van der Waals surface area contributed by atoms with Crippen LogP contribution in [0.5, 0.6) is 5.75 Å². The zero-order chi connectivity index (χ0) is 24.2. The molecule has 1 fully saturated rings. The highest BCUT2D eigenvalue weighted by molar-refractivity contribution is 7.89. The molecule has 0 aromatic heterocycles. The molecule has 1 aliphatic rings. The van der Waals surface area contributed by atoms with E-state index in [9.17, 15) is 13.2 Å². The minimum Gasteiger partial charge on any atom is -0.496 e. The van der Waals surface area contributed by atoms with Crippen LogP contribution < -0.4 is 14.8 Å². The summed E-state index contributed by atoms with van der Waals surface area (Å²) in [6.45, 7) is 7.72. The van der Waals surface area contributed by atoms with Crippen LogP contribution in [0.3, 0.4) is 0 Å². The molecule has 0 saturated carbocycles. The molecular weight excluding hydrogens is 462 g/mol. The van der Waals surface area contributed by atoms with Crippen LogP contribution >= 0.6 is 11.6 Å². The minimum atomic E-state index is -3.86. The number of rotatable bonds is 7. The molecule has 0 atom stereocenters. The quantitative estimate of drug-likeness (QED) is 0.612. The minimum absolute atomic E-state index is 0.0230. The van der Waals surface area contributed by atoms with E-state index < -0.39 is 15.6 Å². The van der Waals surface area contributed by atoms with E-state index in [0.717, 1.165) is 43.8 Å². The first-order valence-electron chi connectivity index (χ1n) is 11.0. The van der Waals surface area contributed by atoms with Crippen molar-refractivity contribution in [1.82, 2.24) is 14.9 Å². The fourth-order valence-electron chi connectivity index (χ4n) is 3.89. The third-order valence-electron chi connectivity index (χ3n) is 5.43. The molecule has 0 spiro atoms. The Labute approximate surface area is 201 Å². The van der Waals surface area contributed by atoms with Crippen molar-refractivity contribution in [2.45, 2.75) is 56.6 Å². The van der Waals surface area contributed by atoms with Gasteiger partial charge in [-0.05, 0) is 57.9 Å². The monoisotopic (exact) mass is 493 g/mol. The van der Waals surface area contributed by atoms with Crippen molar-refractivity contribution in [3.63, 3.8) is 0 Å². The second-order valence-corrected chi connectivity index (χ2v) is 11.4. The van der Waals surface area contributed by atoms with Crippen LogP contribution in [0.25, 0.3) is 0 Å². The number of sulfonamides is 1. The Balaban J connectivity index is 1.61. The van der Waals surface area contributed by atoms with E-state index in [1.54, 1.807) is 33.9 Å². The number of hydrogen-bond donors (Lipinski definition) is 2. The van der Waals surface area contributed by atoms with Crippen LogP contribution in [0.15, 0.2) is 47.4 Å². The van der Waals surface area contributed by atoms with Gasteiger partial charge in [-0.1, -0.05) is 29.8 Å². The van der Waals surface area contributed by atoms with Crippen molar-refractivity contribution in [2.24, 2.45) is 0 Å². The average molecular weight is 494 g/mol. The molecule has 180 valence electrons. The standard InChI is InChI=1S/C24H32ClN3O4S/c1-24(2,3)27-33(30,31)22-15-17(9-10-20(22)25)23(29)26-19-11-13-28(14-12-19)16-18-7-5-6-8-21(18)32-4/h5-10,15,19,27H,11-14,16H2,1-4H3,(H,26,29). The molecular formula is C24H32ClN3O4S. The van der Waals surface area contributed by atoms with Gasteiger partial charge in [-0.2, -0.15) is 0 Å². The number of carbonyl (C=O) groups is 1. The molecule has 7 nitrogen and oxygen atoms in total. The second kappa shape index (κ2) is 10.4. The first kappa shape index (κ1) is 25.5. The summed E-state index contributed by atoms with van der Waals surface area (Å²) in [5.41, 5.74) is 0.740. The lowest BCUT2D eigenvalue weighted by molar-refractivity contribution is 0.0908. The lowest BCUT2D eigenvalue weighted by atomic mass is 10.0. The summed E-state index contributed by atoms with van der Waals surface area (Å²) in [5, 5.41) is 3.12. The number of hydrogen-bond acceptors (Lipinski definition) is 5. The fraction of sp³-hybridized carbons (Fsp3) is 0.458. The van der Waals surface area contributed by atoms with Crippen LogP contribution in [0.4, 0.5) is 0 Å². The number of nitrogens with zero attached hydrogens (tertiary/aromatic N) is 1. The number of para-hydroxylation sites is 1. The smallest absolute Gasteiger partial charge is 0.251 e. The van der Waals surface area contributed by atoms with Crippen LogP contribution in [-0.4, -0.2) is 51.0 Å². The molecule has 2 aromatic rings. The first-order chi connectivity index (χ1) is 15.5. The third kappa shape index (κ3) is 6.93. The largest absolute Gasteiger partial charge is 0.496 e. The normalized spacial score (nSPS) is 15.9. The summed E-state index contributed by atoms with van der Waals surface area (Å²) in [5.74, 6) is 0.574. The van der Waals surface area contributed by atoms with Gasteiger partial charge in [0.1, 0.15) is 10.6 Å². The highest BCUT2D eigenvalue weighted by Gasteiger charge is 2.26. The maximum absolute atomic E-state index is 12.8. The number of amides is 1.